The molecule has 1 N–H and O–H groups in total. The molecule has 1 amide bonds. The van der Waals surface area contributed by atoms with Gasteiger partial charge < -0.3 is 10.1 Å². The number of rotatable bonds is 8. The Labute approximate surface area is 178 Å². The molecule has 1 atom stereocenters. The molecule has 7 nitrogen and oxygen atoms in total. The van der Waals surface area contributed by atoms with Gasteiger partial charge in [-0.2, -0.15) is 0 Å². The lowest BCUT2D eigenvalue weighted by molar-refractivity contribution is -0.117. The first-order valence-electron chi connectivity index (χ1n) is 9.73. The Bertz CT molecular complexity index is 1030. The van der Waals surface area contributed by atoms with E-state index in [0.717, 1.165) is 21.7 Å². The Hall–Kier alpha value is -2.87. The highest BCUT2D eigenvalue weighted by Gasteiger charge is 2.31. The Balaban J connectivity index is 2.39. The number of carbonyl (C=O) groups is 2. The Morgan fingerprint density at radius 1 is 1.10 bits per heavy atom. The van der Waals surface area contributed by atoms with Crippen LogP contribution in [0.4, 0.5) is 11.4 Å². The highest BCUT2D eigenvalue weighted by atomic mass is 32.2. The lowest BCUT2D eigenvalue weighted by Crippen LogP contribution is -2.47. The number of nitrogens with one attached hydrogen (secondary N) is 1. The first kappa shape index (κ1) is 23.4. The van der Waals surface area contributed by atoms with Gasteiger partial charge in [-0.3, -0.25) is 9.10 Å². The van der Waals surface area contributed by atoms with Gasteiger partial charge in [0.1, 0.15) is 6.04 Å². The minimum absolute atomic E-state index is 0.242. The summed E-state index contributed by atoms with van der Waals surface area (Å²) in [6.45, 7) is 7.35. The molecule has 0 heterocycles. The number of ether oxygens (including phenoxy) is 1. The number of carbonyl (C=O) groups excluding carboxylic acids is 2. The predicted octanol–water partition coefficient (Wildman–Crippen LogP) is 3.66. The van der Waals surface area contributed by atoms with Crippen LogP contribution >= 0.6 is 0 Å². The molecule has 0 fully saturated rings. The van der Waals surface area contributed by atoms with Crippen molar-refractivity contribution in [3.05, 3.63) is 59.2 Å². The lowest BCUT2D eigenvalue weighted by atomic mass is 10.1. The fourth-order valence-electron chi connectivity index (χ4n) is 3.14. The molecule has 0 bridgehead atoms. The molecule has 0 aliphatic heterocycles. The van der Waals surface area contributed by atoms with E-state index in [-0.39, 0.29) is 13.0 Å². The highest BCUT2D eigenvalue weighted by molar-refractivity contribution is 7.92. The van der Waals surface area contributed by atoms with E-state index in [2.05, 4.69) is 5.32 Å². The van der Waals surface area contributed by atoms with Crippen molar-refractivity contribution in [2.24, 2.45) is 0 Å². The summed E-state index contributed by atoms with van der Waals surface area (Å²) in [5.74, 6) is -0.967. The summed E-state index contributed by atoms with van der Waals surface area (Å²) in [4.78, 5) is 25.1. The summed E-state index contributed by atoms with van der Waals surface area (Å²) < 4.78 is 31.3. The van der Waals surface area contributed by atoms with Crippen molar-refractivity contribution < 1.29 is 22.7 Å². The maximum Gasteiger partial charge on any atom is 0.338 e. The second-order valence-corrected chi connectivity index (χ2v) is 8.92. The van der Waals surface area contributed by atoms with E-state index in [1.165, 1.54) is 6.07 Å². The van der Waals surface area contributed by atoms with Crippen LogP contribution in [-0.2, 0) is 19.6 Å². The van der Waals surface area contributed by atoms with Crippen molar-refractivity contribution >= 4 is 33.3 Å². The summed E-state index contributed by atoms with van der Waals surface area (Å²) in [5.41, 5.74) is 2.80. The quantitative estimate of drug-likeness (QED) is 0.643. The second kappa shape index (κ2) is 9.75. The first-order valence-corrected chi connectivity index (χ1v) is 11.6. The molecule has 2 aromatic carbocycles. The number of nitrogens with zero attached hydrogens (tertiary/aromatic N) is 1. The Kier molecular flexibility index (Phi) is 7.61. The molecule has 0 aromatic heterocycles. The number of hydrogen-bond donors (Lipinski definition) is 1. The summed E-state index contributed by atoms with van der Waals surface area (Å²) in [7, 11) is -3.72. The van der Waals surface area contributed by atoms with Crippen molar-refractivity contribution in [2.45, 2.75) is 40.2 Å². The number of benzene rings is 2. The molecule has 162 valence electrons. The number of sulfonamides is 1. The van der Waals surface area contributed by atoms with Crippen molar-refractivity contribution in [1.29, 1.82) is 0 Å². The maximum atomic E-state index is 13.1. The molecule has 0 saturated heterocycles. The zero-order valence-corrected chi connectivity index (χ0v) is 18.7. The first-order chi connectivity index (χ1) is 14.1. The molecule has 30 heavy (non-hydrogen) atoms. The minimum Gasteiger partial charge on any atom is -0.462 e. The van der Waals surface area contributed by atoms with Gasteiger partial charge in [-0.05, 0) is 62.6 Å². The van der Waals surface area contributed by atoms with E-state index in [1.54, 1.807) is 51.1 Å². The molecular weight excluding hydrogens is 404 g/mol. The number of esters is 1. The van der Waals surface area contributed by atoms with Crippen LogP contribution in [0.2, 0.25) is 0 Å². The van der Waals surface area contributed by atoms with Gasteiger partial charge in [0.15, 0.2) is 0 Å². The Morgan fingerprint density at radius 2 is 1.80 bits per heavy atom. The molecule has 1 unspecified atom stereocenters. The molecule has 8 heteroatoms. The van der Waals surface area contributed by atoms with Crippen LogP contribution in [0.5, 0.6) is 0 Å². The fourth-order valence-corrected chi connectivity index (χ4v) is 4.34. The van der Waals surface area contributed by atoms with E-state index in [1.807, 2.05) is 13.0 Å². The molecule has 0 aliphatic rings. The maximum absolute atomic E-state index is 13.1. The van der Waals surface area contributed by atoms with E-state index in [4.69, 9.17) is 4.74 Å². The van der Waals surface area contributed by atoms with Crippen molar-refractivity contribution in [3.63, 3.8) is 0 Å². The number of aryl methyl sites for hydroxylation is 2. The van der Waals surface area contributed by atoms with Crippen LogP contribution in [-0.4, -0.2) is 39.2 Å². The largest absolute Gasteiger partial charge is 0.462 e. The average Bonchev–Trinajstić information content (AvgIpc) is 2.66. The zero-order chi connectivity index (χ0) is 22.5. The van der Waals surface area contributed by atoms with Gasteiger partial charge in [0, 0.05) is 5.69 Å². The van der Waals surface area contributed by atoms with Crippen LogP contribution < -0.4 is 9.62 Å². The molecule has 0 aliphatic carbocycles. The smallest absolute Gasteiger partial charge is 0.338 e. The summed E-state index contributed by atoms with van der Waals surface area (Å²) in [5, 5.41) is 2.78. The average molecular weight is 433 g/mol. The van der Waals surface area contributed by atoms with Gasteiger partial charge >= 0.3 is 5.97 Å². The van der Waals surface area contributed by atoms with E-state index in [0.29, 0.717) is 16.9 Å². The molecule has 2 rings (SSSR count). The van der Waals surface area contributed by atoms with E-state index in [9.17, 15) is 18.0 Å². The predicted molar refractivity (Wildman–Crippen MR) is 118 cm³/mol. The fraction of sp³-hybridized carbons (Fsp3) is 0.364. The molecule has 0 saturated carbocycles. The molecule has 0 spiro atoms. The minimum atomic E-state index is -3.72. The topological polar surface area (TPSA) is 92.8 Å². The number of anilines is 2. The molecule has 0 radical (unpaired) electrons. The van der Waals surface area contributed by atoms with Gasteiger partial charge in [0.25, 0.3) is 0 Å². The second-order valence-electron chi connectivity index (χ2n) is 7.06. The summed E-state index contributed by atoms with van der Waals surface area (Å²) in [6.07, 6.45) is 1.35. The SMILES string of the molecule is CCOC(=O)c1ccc(C)c(NC(=O)C(CC)N(c2cccc(C)c2)S(C)(=O)=O)c1. The third-order valence-corrected chi connectivity index (χ3v) is 5.77. The van der Waals surface area contributed by atoms with Crippen LogP contribution in [0.1, 0.15) is 41.8 Å². The van der Waals surface area contributed by atoms with Gasteiger partial charge in [-0.15, -0.1) is 0 Å². The standard InChI is InChI=1S/C22H28N2O5S/c1-6-20(24(30(5,27)28)18-10-8-9-15(3)13-18)21(25)23-19-14-17(12-11-16(19)4)22(26)29-7-2/h8-14,20H,6-7H2,1-5H3,(H,23,25). The summed E-state index contributed by atoms with van der Waals surface area (Å²) >= 11 is 0. The highest BCUT2D eigenvalue weighted by Crippen LogP contribution is 2.25. The number of hydrogen-bond acceptors (Lipinski definition) is 5. The van der Waals surface area contributed by atoms with Gasteiger partial charge in [0.2, 0.25) is 15.9 Å². The van der Waals surface area contributed by atoms with E-state index >= 15 is 0 Å². The van der Waals surface area contributed by atoms with Crippen LogP contribution in [0.3, 0.4) is 0 Å². The Morgan fingerprint density at radius 3 is 2.37 bits per heavy atom. The number of amides is 1. The van der Waals surface area contributed by atoms with E-state index < -0.39 is 27.9 Å². The molecular formula is C22H28N2O5S. The third kappa shape index (κ3) is 5.60. The van der Waals surface area contributed by atoms with Crippen LogP contribution in [0, 0.1) is 13.8 Å². The summed E-state index contributed by atoms with van der Waals surface area (Å²) in [6, 6.07) is 10.9. The van der Waals surface area contributed by atoms with Crippen LogP contribution in [0.25, 0.3) is 0 Å². The van der Waals surface area contributed by atoms with Crippen molar-refractivity contribution in [1.82, 2.24) is 0 Å². The van der Waals surface area contributed by atoms with Crippen molar-refractivity contribution in [2.75, 3.05) is 22.5 Å². The lowest BCUT2D eigenvalue weighted by Gasteiger charge is -2.30. The van der Waals surface area contributed by atoms with Crippen LogP contribution in [0.15, 0.2) is 42.5 Å². The third-order valence-electron chi connectivity index (χ3n) is 4.59. The zero-order valence-electron chi connectivity index (χ0n) is 17.9. The molecule has 2 aromatic rings. The van der Waals surface area contributed by atoms with Gasteiger partial charge in [0.05, 0.1) is 24.1 Å². The normalized spacial score (nSPS) is 12.2. The monoisotopic (exact) mass is 432 g/mol. The van der Waals surface area contributed by atoms with Gasteiger partial charge in [-0.25, -0.2) is 13.2 Å². The van der Waals surface area contributed by atoms with Gasteiger partial charge in [-0.1, -0.05) is 25.1 Å². The van der Waals surface area contributed by atoms with Crippen molar-refractivity contribution in [3.8, 4) is 0 Å².